The molecule has 0 N–H and O–H groups in total. The van der Waals surface area contributed by atoms with Crippen LogP contribution in [0, 0.1) is 4.91 Å². The Morgan fingerprint density at radius 2 is 1.44 bits per heavy atom. The second kappa shape index (κ2) is 13.6. The third-order valence-electron chi connectivity index (χ3n) is 6.53. The zero-order valence-electron chi connectivity index (χ0n) is 23.1. The summed E-state index contributed by atoms with van der Waals surface area (Å²) in [6.45, 7) is -0.683. The van der Waals surface area contributed by atoms with Gasteiger partial charge in [0.05, 0.1) is 43.6 Å². The molecule has 0 bridgehead atoms. The Morgan fingerprint density at radius 3 is 2.11 bits per heavy atom. The standard InChI is InChI=1S/C32H21BrClN2O9/c33-24(19-8-2-1-3-9-19)17-28(37)45-36(42)20-14-15-23(32(41)44-29(38)18-43-27-13-7-6-12-25(27)34)26(16-20)35-30(39)21-10-4-5-11-22(21)31(35)40/h1-16,24H,17-18H2/q+1. The molecule has 1 heterocycles. The maximum absolute atomic E-state index is 13.3. The van der Waals surface area contributed by atoms with Gasteiger partial charge in [0.25, 0.3) is 16.7 Å². The molecule has 226 valence electrons. The minimum absolute atomic E-state index is 0.0612. The van der Waals surface area contributed by atoms with Crippen LogP contribution in [0.5, 0.6) is 5.75 Å². The molecule has 5 rings (SSSR count). The number of alkyl halides is 1. The fourth-order valence-corrected chi connectivity index (χ4v) is 5.15. The summed E-state index contributed by atoms with van der Waals surface area (Å²) in [5.41, 5.74) is -0.191. The fraction of sp³-hybridized carbons (Fsp3) is 0.0938. The lowest BCUT2D eigenvalue weighted by Crippen LogP contribution is -2.31. The SMILES string of the molecule is O=C(COc1ccccc1Cl)OC(=O)c1ccc([N+](=O)OC(=O)CC(Br)c2ccccc2)cc1N1C(=O)c2ccccc2C1=O. The summed E-state index contributed by atoms with van der Waals surface area (Å²) in [6.07, 6.45) is -0.198. The van der Waals surface area contributed by atoms with Crippen LogP contribution in [0.25, 0.3) is 0 Å². The van der Waals surface area contributed by atoms with Gasteiger partial charge in [0, 0.05) is 12.1 Å². The first-order valence-corrected chi connectivity index (χ1v) is 14.5. The number of halogens is 2. The third kappa shape index (κ3) is 6.97. The number of amides is 2. The van der Waals surface area contributed by atoms with Crippen molar-refractivity contribution in [3.63, 3.8) is 0 Å². The van der Waals surface area contributed by atoms with E-state index >= 15 is 0 Å². The number of ether oxygens (including phenoxy) is 2. The first-order valence-electron chi connectivity index (χ1n) is 13.3. The first kappa shape index (κ1) is 31.2. The Labute approximate surface area is 268 Å². The van der Waals surface area contributed by atoms with Gasteiger partial charge in [0.15, 0.2) is 6.61 Å². The molecule has 2 amide bonds. The Morgan fingerprint density at radius 1 is 0.822 bits per heavy atom. The topological polar surface area (TPSA) is 136 Å². The number of carbonyl (C=O) groups excluding carboxylic acids is 5. The number of anilines is 1. The summed E-state index contributed by atoms with van der Waals surface area (Å²) in [6, 6.07) is 24.5. The van der Waals surface area contributed by atoms with Crippen LogP contribution in [-0.2, 0) is 19.2 Å². The van der Waals surface area contributed by atoms with Crippen molar-refractivity contribution in [2.75, 3.05) is 11.5 Å². The predicted molar refractivity (Wildman–Crippen MR) is 163 cm³/mol. The average molecular weight is 693 g/mol. The molecule has 13 heteroatoms. The number of hydrogen-bond donors (Lipinski definition) is 0. The molecule has 1 unspecified atom stereocenters. The van der Waals surface area contributed by atoms with Crippen molar-refractivity contribution in [3.05, 3.63) is 129 Å². The smallest absolute Gasteiger partial charge is 0.387 e. The maximum atomic E-state index is 13.3. The van der Waals surface area contributed by atoms with Crippen LogP contribution in [0.2, 0.25) is 5.02 Å². The lowest BCUT2D eigenvalue weighted by Gasteiger charge is -2.17. The highest BCUT2D eigenvalue weighted by Gasteiger charge is 2.40. The van der Waals surface area contributed by atoms with Crippen LogP contribution >= 0.6 is 27.5 Å². The lowest BCUT2D eigenvalue weighted by atomic mass is 10.1. The van der Waals surface area contributed by atoms with E-state index in [1.165, 1.54) is 18.2 Å². The van der Waals surface area contributed by atoms with Crippen LogP contribution < -0.4 is 9.64 Å². The molecule has 0 aromatic heterocycles. The van der Waals surface area contributed by atoms with Gasteiger partial charge in [-0.15, -0.1) is 4.84 Å². The molecule has 1 aliphatic rings. The second-order valence-electron chi connectivity index (χ2n) is 9.48. The number of esters is 2. The van der Waals surface area contributed by atoms with Gasteiger partial charge >= 0.3 is 23.6 Å². The minimum atomic E-state index is -1.24. The maximum Gasteiger partial charge on any atom is 0.387 e. The minimum Gasteiger partial charge on any atom is -0.480 e. The Bertz CT molecular complexity index is 1810. The van der Waals surface area contributed by atoms with Crippen molar-refractivity contribution in [2.45, 2.75) is 11.2 Å². The van der Waals surface area contributed by atoms with Crippen molar-refractivity contribution in [1.29, 1.82) is 0 Å². The van der Waals surface area contributed by atoms with Crippen LogP contribution in [0.1, 0.15) is 47.9 Å². The Balaban J connectivity index is 1.38. The van der Waals surface area contributed by atoms with Gasteiger partial charge in [-0.3, -0.25) is 9.59 Å². The molecule has 0 fully saturated rings. The van der Waals surface area contributed by atoms with E-state index in [-0.39, 0.29) is 44.6 Å². The number of imide groups is 1. The van der Waals surface area contributed by atoms with Gasteiger partial charge in [0.1, 0.15) is 5.75 Å². The average Bonchev–Trinajstić information content (AvgIpc) is 3.29. The molecule has 1 aliphatic heterocycles. The van der Waals surface area contributed by atoms with Gasteiger partial charge in [0.2, 0.25) is 0 Å². The van der Waals surface area contributed by atoms with Gasteiger partial charge < -0.3 is 9.47 Å². The zero-order valence-corrected chi connectivity index (χ0v) is 25.4. The van der Waals surface area contributed by atoms with Crippen molar-refractivity contribution in [3.8, 4) is 5.75 Å². The van der Waals surface area contributed by atoms with E-state index in [0.717, 1.165) is 23.8 Å². The molecule has 11 nitrogen and oxygen atoms in total. The molecule has 0 saturated carbocycles. The van der Waals surface area contributed by atoms with E-state index in [0.29, 0.717) is 4.90 Å². The quantitative estimate of drug-likeness (QED) is 0.0617. The number of carbonyl (C=O) groups is 5. The van der Waals surface area contributed by atoms with E-state index in [1.54, 1.807) is 54.6 Å². The van der Waals surface area contributed by atoms with E-state index < -0.39 is 46.7 Å². The van der Waals surface area contributed by atoms with E-state index in [4.69, 9.17) is 25.9 Å². The monoisotopic (exact) mass is 691 g/mol. The third-order valence-corrected chi connectivity index (χ3v) is 7.69. The number of para-hydroxylation sites is 1. The van der Waals surface area contributed by atoms with Gasteiger partial charge in [-0.2, -0.15) is 0 Å². The van der Waals surface area contributed by atoms with Crippen LogP contribution in [0.4, 0.5) is 11.4 Å². The summed E-state index contributed by atoms with van der Waals surface area (Å²) in [5.74, 6) is -4.60. The molecule has 4 aromatic carbocycles. The number of nitrogens with zero attached hydrogens (tertiary/aromatic N) is 2. The van der Waals surface area contributed by atoms with Crippen LogP contribution in [-0.4, -0.2) is 41.3 Å². The number of benzene rings is 4. The van der Waals surface area contributed by atoms with Gasteiger partial charge in [-0.25, -0.2) is 19.3 Å². The summed E-state index contributed by atoms with van der Waals surface area (Å²) in [5, 5.41) is 0.231. The summed E-state index contributed by atoms with van der Waals surface area (Å²) in [4.78, 5) is 82.7. The molecule has 4 aromatic rings. The van der Waals surface area contributed by atoms with E-state index in [9.17, 15) is 28.9 Å². The summed E-state index contributed by atoms with van der Waals surface area (Å²) in [7, 11) is 0. The lowest BCUT2D eigenvalue weighted by molar-refractivity contribution is -0.716. The van der Waals surface area contributed by atoms with Crippen molar-refractivity contribution in [1.82, 2.24) is 0 Å². The number of hydrogen-bond acceptors (Lipinski definition) is 9. The molecular formula is C32H21BrClN2O9+. The predicted octanol–water partition coefficient (Wildman–Crippen LogP) is 6.30. The van der Waals surface area contributed by atoms with Crippen molar-refractivity contribution >= 4 is 68.6 Å². The molecule has 1 atom stereocenters. The number of rotatable bonds is 10. The summed E-state index contributed by atoms with van der Waals surface area (Å²) < 4.78 is 10.2. The molecule has 45 heavy (non-hydrogen) atoms. The normalized spacial score (nSPS) is 12.7. The van der Waals surface area contributed by atoms with E-state index in [2.05, 4.69) is 15.9 Å². The molecule has 0 radical (unpaired) electrons. The first-order chi connectivity index (χ1) is 21.6. The molecular weight excluding hydrogens is 672 g/mol. The van der Waals surface area contributed by atoms with Crippen molar-refractivity contribution < 1.29 is 43.2 Å². The van der Waals surface area contributed by atoms with Crippen LogP contribution in [0.3, 0.4) is 0 Å². The molecule has 0 spiro atoms. The van der Waals surface area contributed by atoms with Gasteiger partial charge in [-0.05, 0) is 35.9 Å². The largest absolute Gasteiger partial charge is 0.480 e. The highest BCUT2D eigenvalue weighted by atomic mass is 79.9. The zero-order chi connectivity index (χ0) is 32.1. The molecule has 0 aliphatic carbocycles. The highest BCUT2D eigenvalue weighted by Crippen LogP contribution is 2.34. The Kier molecular flexibility index (Phi) is 9.45. The van der Waals surface area contributed by atoms with E-state index in [1.807, 2.05) is 6.07 Å². The highest BCUT2D eigenvalue weighted by molar-refractivity contribution is 9.09. The fourth-order valence-electron chi connectivity index (χ4n) is 4.39. The summed E-state index contributed by atoms with van der Waals surface area (Å²) >= 11 is 9.41. The second-order valence-corrected chi connectivity index (χ2v) is 11.0. The van der Waals surface area contributed by atoms with Crippen LogP contribution in [0.15, 0.2) is 97.1 Å². The number of fused-ring (bicyclic) bond motifs is 1. The van der Waals surface area contributed by atoms with Crippen molar-refractivity contribution in [2.24, 2.45) is 0 Å². The molecule has 0 saturated heterocycles. The Hall–Kier alpha value is -5.20. The van der Waals surface area contributed by atoms with Gasteiger partial charge in [-0.1, -0.05) is 82.1 Å².